The van der Waals surface area contributed by atoms with Gasteiger partial charge in [0.2, 0.25) is 5.78 Å². The SMILES string of the molecule is CCC1Oc2ccc(C(=O)c3ccco3)cc2N(CC(=O)OC(C)C)C1=O. The lowest BCUT2D eigenvalue weighted by Gasteiger charge is -2.33. The zero-order valence-corrected chi connectivity index (χ0v) is 15.4. The number of nitrogens with zero attached hydrogens (tertiary/aromatic N) is 1. The minimum absolute atomic E-state index is 0.190. The molecule has 0 fully saturated rings. The van der Waals surface area contributed by atoms with Crippen molar-refractivity contribution in [2.24, 2.45) is 0 Å². The second-order valence-electron chi connectivity index (χ2n) is 6.47. The number of carbonyl (C=O) groups is 3. The van der Waals surface area contributed by atoms with Crippen LogP contribution in [0.4, 0.5) is 5.69 Å². The molecule has 0 radical (unpaired) electrons. The summed E-state index contributed by atoms with van der Waals surface area (Å²) >= 11 is 0. The summed E-state index contributed by atoms with van der Waals surface area (Å²) in [5.74, 6) is -0.556. The van der Waals surface area contributed by atoms with E-state index in [2.05, 4.69) is 0 Å². The molecule has 1 aliphatic rings. The normalized spacial score (nSPS) is 16.1. The van der Waals surface area contributed by atoms with Gasteiger partial charge in [-0.1, -0.05) is 6.92 Å². The molecule has 142 valence electrons. The summed E-state index contributed by atoms with van der Waals surface area (Å²) in [7, 11) is 0. The van der Waals surface area contributed by atoms with Crippen molar-refractivity contribution in [3.63, 3.8) is 0 Å². The predicted molar refractivity (Wildman–Crippen MR) is 96.9 cm³/mol. The van der Waals surface area contributed by atoms with Gasteiger partial charge < -0.3 is 13.9 Å². The van der Waals surface area contributed by atoms with E-state index in [1.165, 1.54) is 17.2 Å². The standard InChI is InChI=1S/C20H21NO6/c1-4-15-20(24)21(11-18(22)26-12(2)3)14-10-13(7-8-16(14)27-15)19(23)17-6-5-9-25-17/h5-10,12,15H,4,11H2,1-3H3. The van der Waals surface area contributed by atoms with Crippen LogP contribution in [-0.4, -0.2) is 36.4 Å². The Bertz CT molecular complexity index is 855. The quantitative estimate of drug-likeness (QED) is 0.573. The van der Waals surface area contributed by atoms with Gasteiger partial charge in [-0.3, -0.25) is 19.3 Å². The fraction of sp³-hybridized carbons (Fsp3) is 0.350. The molecule has 0 aliphatic carbocycles. The maximum atomic E-state index is 12.7. The lowest BCUT2D eigenvalue weighted by Crippen LogP contribution is -2.48. The number of ketones is 1. The van der Waals surface area contributed by atoms with Crippen molar-refractivity contribution in [1.82, 2.24) is 0 Å². The molecule has 1 atom stereocenters. The van der Waals surface area contributed by atoms with Crippen LogP contribution in [0.15, 0.2) is 41.0 Å². The molecule has 1 aromatic carbocycles. The summed E-state index contributed by atoms with van der Waals surface area (Å²) in [6, 6.07) is 7.96. The Morgan fingerprint density at radius 1 is 1.26 bits per heavy atom. The Hall–Kier alpha value is -3.09. The van der Waals surface area contributed by atoms with Crippen LogP contribution < -0.4 is 9.64 Å². The Morgan fingerprint density at radius 3 is 2.67 bits per heavy atom. The third kappa shape index (κ3) is 3.86. The van der Waals surface area contributed by atoms with Crippen molar-refractivity contribution in [2.45, 2.75) is 39.4 Å². The first-order chi connectivity index (χ1) is 12.9. The van der Waals surface area contributed by atoms with Crippen LogP contribution in [0.1, 0.15) is 43.3 Å². The molecule has 0 saturated heterocycles. The summed E-state index contributed by atoms with van der Waals surface area (Å²) in [5.41, 5.74) is 0.695. The van der Waals surface area contributed by atoms with E-state index in [-0.39, 0.29) is 30.1 Å². The molecule has 0 spiro atoms. The molecular weight excluding hydrogens is 350 g/mol. The zero-order valence-electron chi connectivity index (χ0n) is 15.4. The maximum absolute atomic E-state index is 12.7. The number of carbonyl (C=O) groups excluding carboxylic acids is 3. The molecule has 0 bridgehead atoms. The summed E-state index contributed by atoms with van der Waals surface area (Å²) in [6.45, 7) is 5.05. The Balaban J connectivity index is 1.96. The van der Waals surface area contributed by atoms with Crippen LogP contribution >= 0.6 is 0 Å². The van der Waals surface area contributed by atoms with Crippen molar-refractivity contribution in [2.75, 3.05) is 11.4 Å². The molecule has 7 heteroatoms. The topological polar surface area (TPSA) is 86.1 Å². The van der Waals surface area contributed by atoms with Crippen LogP contribution in [0.25, 0.3) is 0 Å². The second kappa shape index (κ2) is 7.65. The molecule has 1 unspecified atom stereocenters. The van der Waals surface area contributed by atoms with Crippen LogP contribution in [0, 0.1) is 0 Å². The highest BCUT2D eigenvalue weighted by molar-refractivity contribution is 6.09. The zero-order chi connectivity index (χ0) is 19.6. The van der Waals surface area contributed by atoms with E-state index < -0.39 is 12.1 Å². The Labute approximate surface area is 156 Å². The monoisotopic (exact) mass is 371 g/mol. The van der Waals surface area contributed by atoms with Crippen LogP contribution in [0.2, 0.25) is 0 Å². The highest BCUT2D eigenvalue weighted by Gasteiger charge is 2.35. The number of esters is 1. The van der Waals surface area contributed by atoms with Gasteiger partial charge in [0.05, 0.1) is 18.1 Å². The maximum Gasteiger partial charge on any atom is 0.326 e. The number of hydrogen-bond acceptors (Lipinski definition) is 6. The number of benzene rings is 1. The highest BCUT2D eigenvalue weighted by Crippen LogP contribution is 2.36. The van der Waals surface area contributed by atoms with Crippen molar-refractivity contribution < 1.29 is 28.3 Å². The molecule has 0 N–H and O–H groups in total. The lowest BCUT2D eigenvalue weighted by atomic mass is 10.0. The lowest BCUT2D eigenvalue weighted by molar-refractivity contribution is -0.147. The molecule has 7 nitrogen and oxygen atoms in total. The van der Waals surface area contributed by atoms with Crippen molar-refractivity contribution in [3.8, 4) is 5.75 Å². The first kappa shape index (κ1) is 18.7. The molecular formula is C20H21NO6. The van der Waals surface area contributed by atoms with Gasteiger partial charge in [-0.25, -0.2) is 0 Å². The molecule has 1 aliphatic heterocycles. The number of anilines is 1. The average molecular weight is 371 g/mol. The summed E-state index contributed by atoms with van der Waals surface area (Å²) in [5, 5.41) is 0. The number of rotatable bonds is 6. The summed E-state index contributed by atoms with van der Waals surface area (Å²) in [4.78, 5) is 38.7. The fourth-order valence-corrected chi connectivity index (χ4v) is 2.87. The third-order valence-corrected chi connectivity index (χ3v) is 4.09. The van der Waals surface area contributed by atoms with Crippen LogP contribution in [0.3, 0.4) is 0 Å². The van der Waals surface area contributed by atoms with E-state index in [1.54, 1.807) is 38.1 Å². The number of amides is 1. The van der Waals surface area contributed by atoms with Crippen molar-refractivity contribution >= 4 is 23.3 Å². The van der Waals surface area contributed by atoms with Crippen molar-refractivity contribution in [3.05, 3.63) is 47.9 Å². The van der Waals surface area contributed by atoms with E-state index in [4.69, 9.17) is 13.9 Å². The number of furan rings is 1. The number of hydrogen-bond donors (Lipinski definition) is 0. The average Bonchev–Trinajstić information content (AvgIpc) is 3.17. The predicted octanol–water partition coefficient (Wildman–Crippen LogP) is 2.97. The largest absolute Gasteiger partial charge is 0.478 e. The van der Waals surface area contributed by atoms with Crippen molar-refractivity contribution in [1.29, 1.82) is 0 Å². The van der Waals surface area contributed by atoms with Gasteiger partial charge in [0.15, 0.2) is 11.9 Å². The fourth-order valence-electron chi connectivity index (χ4n) is 2.87. The minimum atomic E-state index is -0.684. The Morgan fingerprint density at radius 2 is 2.04 bits per heavy atom. The third-order valence-electron chi connectivity index (χ3n) is 4.09. The van der Waals surface area contributed by atoms with Crippen LogP contribution in [0.5, 0.6) is 5.75 Å². The molecule has 27 heavy (non-hydrogen) atoms. The molecule has 1 amide bonds. The van der Waals surface area contributed by atoms with Gasteiger partial charge >= 0.3 is 5.97 Å². The van der Waals surface area contributed by atoms with Gasteiger partial charge in [-0.2, -0.15) is 0 Å². The van der Waals surface area contributed by atoms with Gasteiger partial charge in [0, 0.05) is 5.56 Å². The molecule has 1 aromatic heterocycles. The number of fused-ring (bicyclic) bond motifs is 1. The first-order valence-electron chi connectivity index (χ1n) is 8.80. The molecule has 3 rings (SSSR count). The van der Waals surface area contributed by atoms with E-state index in [1.807, 2.05) is 6.92 Å². The van der Waals surface area contributed by atoms with E-state index in [0.29, 0.717) is 23.4 Å². The van der Waals surface area contributed by atoms with Gasteiger partial charge in [-0.05, 0) is 50.6 Å². The van der Waals surface area contributed by atoms with E-state index in [0.717, 1.165) is 0 Å². The highest BCUT2D eigenvalue weighted by atomic mass is 16.5. The van der Waals surface area contributed by atoms with E-state index >= 15 is 0 Å². The molecule has 2 aromatic rings. The second-order valence-corrected chi connectivity index (χ2v) is 6.47. The Kier molecular flexibility index (Phi) is 5.30. The number of ether oxygens (including phenoxy) is 2. The minimum Gasteiger partial charge on any atom is -0.478 e. The molecule has 0 saturated carbocycles. The molecule has 2 heterocycles. The van der Waals surface area contributed by atoms with Gasteiger partial charge in [0.25, 0.3) is 5.91 Å². The summed E-state index contributed by atoms with van der Waals surface area (Å²) in [6.07, 6.45) is 0.900. The van der Waals surface area contributed by atoms with Gasteiger partial charge in [-0.15, -0.1) is 0 Å². The smallest absolute Gasteiger partial charge is 0.326 e. The van der Waals surface area contributed by atoms with Crippen LogP contribution in [-0.2, 0) is 14.3 Å². The van der Waals surface area contributed by atoms with E-state index in [9.17, 15) is 14.4 Å². The first-order valence-corrected chi connectivity index (χ1v) is 8.80. The van der Waals surface area contributed by atoms with Gasteiger partial charge in [0.1, 0.15) is 12.3 Å². The summed E-state index contributed by atoms with van der Waals surface area (Å²) < 4.78 is 16.0.